The van der Waals surface area contributed by atoms with E-state index < -0.39 is 4.92 Å². The summed E-state index contributed by atoms with van der Waals surface area (Å²) in [6, 6.07) is 18.0. The van der Waals surface area contributed by atoms with Crippen molar-refractivity contribution in [2.24, 2.45) is 0 Å². The van der Waals surface area contributed by atoms with Crippen LogP contribution in [0.5, 0.6) is 0 Å². The molecule has 0 saturated carbocycles. The molecule has 3 aromatic carbocycles. The van der Waals surface area contributed by atoms with Gasteiger partial charge in [0.1, 0.15) is 5.52 Å². The molecule has 1 aromatic heterocycles. The van der Waals surface area contributed by atoms with Crippen LogP contribution < -0.4 is 5.32 Å². The number of carbonyl (C=O) groups is 1. The van der Waals surface area contributed by atoms with Gasteiger partial charge in [-0.1, -0.05) is 18.7 Å². The van der Waals surface area contributed by atoms with Gasteiger partial charge < -0.3 is 15.4 Å². The smallest absolute Gasteiger partial charge is 0.271 e. The van der Waals surface area contributed by atoms with Gasteiger partial charge in [-0.3, -0.25) is 14.9 Å². The lowest BCUT2D eigenvalue weighted by molar-refractivity contribution is -0.384. The first-order chi connectivity index (χ1) is 15.7. The normalized spacial score (nSPS) is 10.7. The lowest BCUT2D eigenvalue weighted by atomic mass is 10.1. The van der Waals surface area contributed by atoms with Crippen LogP contribution in [0.3, 0.4) is 0 Å². The number of nitrogens with zero attached hydrogens (tertiary/aromatic N) is 4. The summed E-state index contributed by atoms with van der Waals surface area (Å²) in [4.78, 5) is 29.3. The molecular formula is C24H21N5O4. The number of nitro groups is 1. The summed E-state index contributed by atoms with van der Waals surface area (Å²) in [5, 5.41) is 24.3. The molecule has 0 radical (unpaired) electrons. The van der Waals surface area contributed by atoms with E-state index in [9.17, 15) is 20.1 Å². The first-order valence-corrected chi connectivity index (χ1v) is 9.99. The average molecular weight is 443 g/mol. The summed E-state index contributed by atoms with van der Waals surface area (Å²) in [6.07, 6.45) is 0. The molecule has 4 rings (SSSR count). The largest absolute Gasteiger partial charge is 0.426 e. The number of non-ortho nitro benzene ring substituents is 1. The quantitative estimate of drug-likeness (QED) is 0.255. The third-order valence-electron chi connectivity index (χ3n) is 5.25. The van der Waals surface area contributed by atoms with Gasteiger partial charge in [0.25, 0.3) is 11.6 Å². The topological polar surface area (TPSA) is 114 Å². The van der Waals surface area contributed by atoms with Crippen LogP contribution in [0.1, 0.15) is 15.9 Å². The van der Waals surface area contributed by atoms with E-state index in [0.29, 0.717) is 22.3 Å². The van der Waals surface area contributed by atoms with Gasteiger partial charge in [0, 0.05) is 48.7 Å². The number of carbonyl (C=O) groups excluding carboxylic acids is 1. The van der Waals surface area contributed by atoms with E-state index in [1.807, 2.05) is 31.1 Å². The number of imidazole rings is 1. The fraction of sp³-hybridized carbons (Fsp3) is 0.0833. The van der Waals surface area contributed by atoms with Crippen LogP contribution in [0, 0.1) is 10.1 Å². The maximum Gasteiger partial charge on any atom is 0.271 e. The molecule has 2 N–H and O–H groups in total. The summed E-state index contributed by atoms with van der Waals surface area (Å²) in [5.41, 5.74) is 3.96. The van der Waals surface area contributed by atoms with Crippen LogP contribution in [-0.4, -0.2) is 44.7 Å². The van der Waals surface area contributed by atoms with Gasteiger partial charge in [0.2, 0.25) is 0 Å². The van der Waals surface area contributed by atoms with Gasteiger partial charge >= 0.3 is 0 Å². The molecule has 0 fully saturated rings. The first kappa shape index (κ1) is 21.6. The zero-order chi connectivity index (χ0) is 23.7. The first-order valence-electron chi connectivity index (χ1n) is 9.99. The standard InChI is InChI=1S/C24H21N5O4/c1-15(27(2)3)16-4-6-18(7-5-16)24(30)25-19-10-8-17(9-11-19)23-26-21-13-12-20(29(32)33)14-22(21)28(23)31/h4-14,31H,1H2,2-3H3,(H,25,30). The van der Waals surface area contributed by atoms with E-state index in [2.05, 4.69) is 16.9 Å². The van der Waals surface area contributed by atoms with Gasteiger partial charge in [-0.25, -0.2) is 4.98 Å². The van der Waals surface area contributed by atoms with Crippen LogP contribution in [0.4, 0.5) is 11.4 Å². The Hall–Kier alpha value is -4.66. The minimum Gasteiger partial charge on any atom is -0.426 e. The van der Waals surface area contributed by atoms with Crippen molar-refractivity contribution >= 4 is 34.0 Å². The lowest BCUT2D eigenvalue weighted by Crippen LogP contribution is -2.12. The second-order valence-electron chi connectivity index (χ2n) is 7.63. The van der Waals surface area contributed by atoms with Crippen molar-refractivity contribution in [3.63, 3.8) is 0 Å². The summed E-state index contributed by atoms with van der Waals surface area (Å²) >= 11 is 0. The number of aromatic nitrogens is 2. The molecule has 0 atom stereocenters. The van der Waals surface area contributed by atoms with Crippen molar-refractivity contribution in [3.05, 3.63) is 94.6 Å². The van der Waals surface area contributed by atoms with E-state index in [-0.39, 0.29) is 22.9 Å². The van der Waals surface area contributed by atoms with Gasteiger partial charge in [-0.2, -0.15) is 4.73 Å². The number of rotatable bonds is 6. The monoisotopic (exact) mass is 443 g/mol. The third-order valence-corrected chi connectivity index (χ3v) is 5.25. The highest BCUT2D eigenvalue weighted by molar-refractivity contribution is 6.04. The number of fused-ring (bicyclic) bond motifs is 1. The zero-order valence-electron chi connectivity index (χ0n) is 18.0. The maximum absolute atomic E-state index is 12.6. The molecule has 1 amide bonds. The Morgan fingerprint density at radius 2 is 1.70 bits per heavy atom. The number of hydrogen-bond acceptors (Lipinski definition) is 6. The van der Waals surface area contributed by atoms with Crippen LogP contribution in [0.25, 0.3) is 28.1 Å². The van der Waals surface area contributed by atoms with E-state index >= 15 is 0 Å². The molecule has 0 aliphatic carbocycles. The maximum atomic E-state index is 12.6. The number of hydrogen-bond donors (Lipinski definition) is 2. The van der Waals surface area contributed by atoms with Gasteiger partial charge in [0.05, 0.1) is 10.4 Å². The number of amides is 1. The van der Waals surface area contributed by atoms with Crippen molar-refractivity contribution in [2.45, 2.75) is 0 Å². The third kappa shape index (κ3) is 4.24. The summed E-state index contributed by atoms with van der Waals surface area (Å²) in [5.74, 6) is -0.0217. The van der Waals surface area contributed by atoms with Crippen molar-refractivity contribution in [1.82, 2.24) is 14.6 Å². The SMILES string of the molecule is C=C(c1ccc(C(=O)Nc2ccc(-c3nc4ccc([N+](=O)[O-])cc4n3O)cc2)cc1)N(C)C. The molecule has 9 nitrogen and oxygen atoms in total. The van der Waals surface area contributed by atoms with E-state index in [4.69, 9.17) is 0 Å². The molecule has 0 bridgehead atoms. The minimum atomic E-state index is -0.532. The van der Waals surface area contributed by atoms with E-state index in [1.165, 1.54) is 18.2 Å². The Labute approximate surface area is 189 Å². The van der Waals surface area contributed by atoms with Crippen molar-refractivity contribution in [2.75, 3.05) is 19.4 Å². The number of anilines is 1. The lowest BCUT2D eigenvalue weighted by Gasteiger charge is -2.16. The molecular weight excluding hydrogens is 422 g/mol. The molecule has 33 heavy (non-hydrogen) atoms. The van der Waals surface area contributed by atoms with Crippen LogP contribution >= 0.6 is 0 Å². The highest BCUT2D eigenvalue weighted by atomic mass is 16.6. The van der Waals surface area contributed by atoms with E-state index in [0.717, 1.165) is 16.0 Å². The Morgan fingerprint density at radius 1 is 1.06 bits per heavy atom. The molecule has 4 aromatic rings. The summed E-state index contributed by atoms with van der Waals surface area (Å²) in [7, 11) is 3.81. The highest BCUT2D eigenvalue weighted by Gasteiger charge is 2.16. The minimum absolute atomic E-state index is 0.138. The van der Waals surface area contributed by atoms with Crippen molar-refractivity contribution < 1.29 is 14.9 Å². The molecule has 0 aliphatic rings. The zero-order valence-corrected chi connectivity index (χ0v) is 18.0. The van der Waals surface area contributed by atoms with Crippen LogP contribution in [0.2, 0.25) is 0 Å². The van der Waals surface area contributed by atoms with Crippen molar-refractivity contribution in [1.29, 1.82) is 0 Å². The Kier molecular flexibility index (Phi) is 5.53. The summed E-state index contributed by atoms with van der Waals surface area (Å²) < 4.78 is 0.819. The number of nitrogens with one attached hydrogen (secondary N) is 1. The Bertz CT molecular complexity index is 1370. The predicted molar refractivity (Wildman–Crippen MR) is 126 cm³/mol. The number of nitro benzene ring substituents is 1. The van der Waals surface area contributed by atoms with Gasteiger partial charge in [-0.15, -0.1) is 0 Å². The van der Waals surface area contributed by atoms with Crippen LogP contribution in [0.15, 0.2) is 73.3 Å². The van der Waals surface area contributed by atoms with E-state index in [1.54, 1.807) is 36.4 Å². The van der Waals surface area contributed by atoms with Gasteiger partial charge in [0.15, 0.2) is 5.82 Å². The Morgan fingerprint density at radius 3 is 2.30 bits per heavy atom. The number of benzene rings is 3. The fourth-order valence-electron chi connectivity index (χ4n) is 3.33. The molecule has 0 spiro atoms. The molecule has 9 heteroatoms. The second kappa shape index (κ2) is 8.46. The Balaban J connectivity index is 1.52. The van der Waals surface area contributed by atoms with Crippen molar-refractivity contribution in [3.8, 4) is 11.4 Å². The van der Waals surface area contributed by atoms with Gasteiger partial charge in [-0.05, 0) is 48.0 Å². The highest BCUT2D eigenvalue weighted by Crippen LogP contribution is 2.27. The molecule has 0 saturated heterocycles. The van der Waals surface area contributed by atoms with Crippen LogP contribution in [-0.2, 0) is 0 Å². The molecule has 0 aliphatic heterocycles. The average Bonchev–Trinajstić information content (AvgIpc) is 3.14. The second-order valence-corrected chi connectivity index (χ2v) is 7.63. The molecule has 166 valence electrons. The molecule has 1 heterocycles. The molecule has 0 unspecified atom stereocenters. The summed E-state index contributed by atoms with van der Waals surface area (Å²) in [6.45, 7) is 4.00. The predicted octanol–water partition coefficient (Wildman–Crippen LogP) is 4.63. The fourth-order valence-corrected chi connectivity index (χ4v) is 3.33.